The first kappa shape index (κ1) is 23.8. The lowest BCUT2D eigenvalue weighted by Gasteiger charge is -2.20. The van der Waals surface area contributed by atoms with Gasteiger partial charge in [-0.2, -0.15) is 4.68 Å². The Morgan fingerprint density at radius 1 is 0.875 bits per heavy atom. The van der Waals surface area contributed by atoms with E-state index >= 15 is 0 Å². The van der Waals surface area contributed by atoms with Crippen molar-refractivity contribution in [2.45, 2.75) is 52.6 Å². The number of hydrogen-bond donors (Lipinski definition) is 0. The van der Waals surface area contributed by atoms with Gasteiger partial charge in [-0.25, -0.2) is 0 Å². The first-order chi connectivity index (χ1) is 15.3. The highest BCUT2D eigenvalue weighted by Gasteiger charge is 2.23. The van der Waals surface area contributed by atoms with Crippen LogP contribution >= 0.6 is 0 Å². The van der Waals surface area contributed by atoms with Crippen molar-refractivity contribution in [3.05, 3.63) is 43.7 Å². The van der Waals surface area contributed by atoms with Crippen LogP contribution in [0.2, 0.25) is 0 Å². The summed E-state index contributed by atoms with van der Waals surface area (Å²) < 4.78 is 13.8. The van der Waals surface area contributed by atoms with Crippen LogP contribution in [-0.4, -0.2) is 55.8 Å². The lowest BCUT2D eigenvalue weighted by molar-refractivity contribution is -0.392. The molecule has 2 aromatic heterocycles. The third-order valence-electron chi connectivity index (χ3n) is 5.77. The van der Waals surface area contributed by atoms with Gasteiger partial charge in [0.05, 0.1) is 35.2 Å². The molecule has 2 aliphatic rings. The molecule has 0 bridgehead atoms. The third kappa shape index (κ3) is 6.57. The molecule has 0 atom stereocenters. The van der Waals surface area contributed by atoms with Crippen LogP contribution in [0.25, 0.3) is 0 Å². The van der Waals surface area contributed by atoms with E-state index in [2.05, 4.69) is 10.2 Å². The van der Waals surface area contributed by atoms with Crippen molar-refractivity contribution in [3.8, 4) is 0 Å². The monoisotopic (exact) mass is 450 g/mol. The summed E-state index contributed by atoms with van der Waals surface area (Å²) in [5.74, 6) is 0.979. The van der Waals surface area contributed by atoms with E-state index in [1.54, 1.807) is 11.6 Å². The average molecular weight is 450 g/mol. The predicted molar refractivity (Wildman–Crippen MR) is 114 cm³/mol. The maximum Gasteiger partial charge on any atom is 0.390 e. The molecule has 0 aromatic carbocycles. The zero-order valence-electron chi connectivity index (χ0n) is 18.5. The highest BCUT2D eigenvalue weighted by atomic mass is 16.6. The summed E-state index contributed by atoms with van der Waals surface area (Å²) >= 11 is 0. The van der Waals surface area contributed by atoms with Gasteiger partial charge in [-0.1, -0.05) is 5.10 Å². The summed E-state index contributed by atoms with van der Waals surface area (Å²) in [5, 5.41) is 29.5. The Bertz CT molecular complexity index is 914. The van der Waals surface area contributed by atoms with Crippen LogP contribution in [0.15, 0.2) is 12.1 Å². The lowest BCUT2D eigenvalue weighted by Crippen LogP contribution is -2.21. The van der Waals surface area contributed by atoms with Gasteiger partial charge in [0.1, 0.15) is 6.54 Å². The average Bonchev–Trinajstić information content (AvgIpc) is 3.32. The molecule has 176 valence electrons. The van der Waals surface area contributed by atoms with E-state index in [1.165, 1.54) is 16.8 Å². The van der Waals surface area contributed by atoms with E-state index in [4.69, 9.17) is 9.47 Å². The molecule has 0 N–H and O–H groups in total. The normalized spacial score (nSPS) is 17.6. The molecule has 2 saturated heterocycles. The highest BCUT2D eigenvalue weighted by Crippen LogP contribution is 2.21. The fourth-order valence-electron chi connectivity index (χ4n) is 3.93. The summed E-state index contributed by atoms with van der Waals surface area (Å²) in [7, 11) is 0. The SMILES string of the molecule is Cc1cc([N+](=O)[O-])n(CC2CCOCC2)n1.Cc1cc([N+](=O)[O-])nn1CC1CCOCC1. The maximum absolute atomic E-state index is 10.8. The second-order valence-electron chi connectivity index (χ2n) is 8.28. The number of ether oxygens (including phenoxy) is 2. The molecule has 12 heteroatoms. The minimum absolute atomic E-state index is 0.0652. The number of nitrogens with zero attached hydrogens (tertiary/aromatic N) is 6. The molecule has 0 radical (unpaired) electrons. The number of aryl methyl sites for hydroxylation is 2. The van der Waals surface area contributed by atoms with Crippen molar-refractivity contribution in [2.24, 2.45) is 11.8 Å². The highest BCUT2D eigenvalue weighted by molar-refractivity contribution is 5.22. The van der Waals surface area contributed by atoms with Crippen LogP contribution in [-0.2, 0) is 22.6 Å². The minimum atomic E-state index is -0.451. The fourth-order valence-corrected chi connectivity index (χ4v) is 3.93. The third-order valence-corrected chi connectivity index (χ3v) is 5.77. The minimum Gasteiger partial charge on any atom is -0.381 e. The first-order valence-electron chi connectivity index (χ1n) is 10.9. The Kier molecular flexibility index (Phi) is 8.28. The maximum atomic E-state index is 10.8. The second kappa shape index (κ2) is 11.1. The van der Waals surface area contributed by atoms with Gasteiger partial charge in [-0.05, 0) is 55.3 Å². The summed E-state index contributed by atoms with van der Waals surface area (Å²) in [6.45, 7) is 8.06. The molecule has 4 rings (SSSR count). The van der Waals surface area contributed by atoms with Crippen molar-refractivity contribution >= 4 is 11.6 Å². The van der Waals surface area contributed by atoms with Gasteiger partial charge in [0, 0.05) is 32.3 Å². The fraction of sp³-hybridized carbons (Fsp3) is 0.700. The Labute approximate surface area is 185 Å². The molecule has 12 nitrogen and oxygen atoms in total. The van der Waals surface area contributed by atoms with Gasteiger partial charge < -0.3 is 29.7 Å². The zero-order valence-corrected chi connectivity index (χ0v) is 18.5. The summed E-state index contributed by atoms with van der Waals surface area (Å²) in [5.41, 5.74) is 1.54. The number of rotatable bonds is 6. The first-order valence-corrected chi connectivity index (χ1v) is 10.9. The Morgan fingerprint density at radius 3 is 1.88 bits per heavy atom. The number of aromatic nitrogens is 4. The molecule has 0 aliphatic carbocycles. The Morgan fingerprint density at radius 2 is 1.41 bits per heavy atom. The molecule has 2 aliphatic heterocycles. The van der Waals surface area contributed by atoms with Crippen LogP contribution in [0, 0.1) is 45.9 Å². The van der Waals surface area contributed by atoms with Crippen LogP contribution < -0.4 is 0 Å². The molecule has 2 fully saturated rings. The molecule has 32 heavy (non-hydrogen) atoms. The zero-order chi connectivity index (χ0) is 23.1. The molecule has 0 spiro atoms. The van der Waals surface area contributed by atoms with E-state index < -0.39 is 4.92 Å². The largest absolute Gasteiger partial charge is 0.390 e. The second-order valence-corrected chi connectivity index (χ2v) is 8.28. The molecule has 4 heterocycles. The summed E-state index contributed by atoms with van der Waals surface area (Å²) in [4.78, 5) is 20.5. The van der Waals surface area contributed by atoms with E-state index in [0.717, 1.165) is 64.3 Å². The molecule has 0 saturated carbocycles. The van der Waals surface area contributed by atoms with Gasteiger partial charge >= 0.3 is 11.6 Å². The smallest absolute Gasteiger partial charge is 0.381 e. The quantitative estimate of drug-likeness (QED) is 0.483. The van der Waals surface area contributed by atoms with Crippen molar-refractivity contribution in [1.82, 2.24) is 19.6 Å². The van der Waals surface area contributed by atoms with Crippen LogP contribution in [0.3, 0.4) is 0 Å². The van der Waals surface area contributed by atoms with E-state index in [0.29, 0.717) is 24.1 Å². The summed E-state index contributed by atoms with van der Waals surface area (Å²) in [6, 6.07) is 3.03. The summed E-state index contributed by atoms with van der Waals surface area (Å²) in [6.07, 6.45) is 3.92. The molecule has 2 aromatic rings. The van der Waals surface area contributed by atoms with Gasteiger partial charge in [-0.3, -0.25) is 0 Å². The topological polar surface area (TPSA) is 140 Å². The standard InChI is InChI=1S/2C10H15N3O3/c1-8-6-10(13(14)15)11-12(8)7-9-2-4-16-5-3-9;1-8-6-10(13(14)15)12(11-8)7-9-2-4-16-5-3-9/h2*6,9H,2-5,7H2,1H3. The van der Waals surface area contributed by atoms with Crippen LogP contribution in [0.1, 0.15) is 37.1 Å². The van der Waals surface area contributed by atoms with Crippen molar-refractivity contribution < 1.29 is 19.3 Å². The van der Waals surface area contributed by atoms with Crippen LogP contribution in [0.5, 0.6) is 0 Å². The lowest BCUT2D eigenvalue weighted by atomic mass is 10.0. The van der Waals surface area contributed by atoms with E-state index in [9.17, 15) is 20.2 Å². The van der Waals surface area contributed by atoms with Crippen LogP contribution in [0.4, 0.5) is 11.6 Å². The Balaban J connectivity index is 0.000000181. The van der Waals surface area contributed by atoms with E-state index in [-0.39, 0.29) is 16.6 Å². The van der Waals surface area contributed by atoms with Crippen molar-refractivity contribution in [2.75, 3.05) is 26.4 Å². The van der Waals surface area contributed by atoms with Gasteiger partial charge in [0.15, 0.2) is 0 Å². The number of hydrogen-bond acceptors (Lipinski definition) is 8. The van der Waals surface area contributed by atoms with Crippen molar-refractivity contribution in [1.29, 1.82) is 0 Å². The van der Waals surface area contributed by atoms with E-state index in [1.807, 2.05) is 6.92 Å². The van der Waals surface area contributed by atoms with Crippen molar-refractivity contribution in [3.63, 3.8) is 0 Å². The van der Waals surface area contributed by atoms with Gasteiger partial charge in [0.2, 0.25) is 0 Å². The predicted octanol–water partition coefficient (Wildman–Crippen LogP) is 3.05. The number of nitro groups is 2. The molecular formula is C20H30N6O6. The molecule has 0 amide bonds. The Hall–Kier alpha value is -2.86. The van der Waals surface area contributed by atoms with Gasteiger partial charge in [-0.15, -0.1) is 4.68 Å². The molecule has 0 unspecified atom stereocenters. The van der Waals surface area contributed by atoms with Gasteiger partial charge in [0.25, 0.3) is 0 Å². The molecular weight excluding hydrogens is 420 g/mol.